The lowest BCUT2D eigenvalue weighted by Gasteiger charge is -2.37. The molecule has 2 atom stereocenters. The van der Waals surface area contributed by atoms with E-state index in [9.17, 15) is 23.2 Å². The number of alkyl halides is 2. The van der Waals surface area contributed by atoms with Gasteiger partial charge in [0.1, 0.15) is 12.6 Å². The summed E-state index contributed by atoms with van der Waals surface area (Å²) in [6.45, 7) is 0.293. The fraction of sp³-hybridized carbons (Fsp3) is 0.519. The van der Waals surface area contributed by atoms with Gasteiger partial charge in [-0.15, -0.1) is 11.3 Å². The first-order valence-electron chi connectivity index (χ1n) is 13.2. The predicted molar refractivity (Wildman–Crippen MR) is 146 cm³/mol. The maximum Gasteiger partial charge on any atom is 0.265 e. The molecule has 1 saturated heterocycles. The number of benzene rings is 1. The molecular formula is C27H31ClF2N4O4S. The molecule has 8 nitrogen and oxygen atoms in total. The quantitative estimate of drug-likeness (QED) is 0.361. The second-order valence-electron chi connectivity index (χ2n) is 10.2. The molecule has 12 heteroatoms. The van der Waals surface area contributed by atoms with Crippen LogP contribution in [0.4, 0.5) is 20.2 Å². The Hall–Kier alpha value is -2.60. The van der Waals surface area contributed by atoms with Crippen LogP contribution >= 0.6 is 22.9 Å². The van der Waals surface area contributed by atoms with Crippen molar-refractivity contribution >= 4 is 52.0 Å². The Morgan fingerprint density at radius 1 is 1.13 bits per heavy atom. The lowest BCUT2D eigenvalue weighted by atomic mass is 9.77. The van der Waals surface area contributed by atoms with Gasteiger partial charge in [-0.2, -0.15) is 0 Å². The van der Waals surface area contributed by atoms with Gasteiger partial charge in [-0.05, 0) is 67.9 Å². The second-order valence-corrected chi connectivity index (χ2v) is 12.0. The number of morpholine rings is 1. The molecule has 1 aromatic carbocycles. The molecule has 39 heavy (non-hydrogen) atoms. The van der Waals surface area contributed by atoms with E-state index in [1.165, 1.54) is 23.1 Å². The van der Waals surface area contributed by atoms with Crippen molar-refractivity contribution in [2.45, 2.75) is 50.6 Å². The standard InChI is InChI=1S/C27H31ClF2N4O4S/c28-22-9-8-21(39-22)27(37)31-13-19(33-24(16-4-5-16)15-2-1-3-15)26(36)32-17-6-7-20(18(12-17)25(29)30)34-10-11-38-14-23(34)35/h6-9,12,15-16,19,24-25,33H,1-5,10-11,13-14H2,(H,31,37)(H,32,36)/t19-,24?/m0/s1. The number of amides is 3. The molecule has 0 radical (unpaired) electrons. The van der Waals surface area contributed by atoms with E-state index >= 15 is 0 Å². The smallest absolute Gasteiger partial charge is 0.265 e. The zero-order valence-corrected chi connectivity index (χ0v) is 22.8. The molecule has 2 aliphatic carbocycles. The molecule has 0 spiro atoms. The third-order valence-corrected chi connectivity index (χ3v) is 8.80. The summed E-state index contributed by atoms with van der Waals surface area (Å²) in [5.41, 5.74) is -0.0538. The molecule has 210 valence electrons. The minimum Gasteiger partial charge on any atom is -0.370 e. The monoisotopic (exact) mass is 580 g/mol. The summed E-state index contributed by atoms with van der Waals surface area (Å²) in [5.74, 6) is -0.185. The van der Waals surface area contributed by atoms with Crippen molar-refractivity contribution in [3.63, 3.8) is 0 Å². The van der Waals surface area contributed by atoms with Gasteiger partial charge in [0.05, 0.1) is 21.5 Å². The molecule has 2 aromatic rings. The van der Waals surface area contributed by atoms with E-state index in [1.807, 2.05) is 0 Å². The van der Waals surface area contributed by atoms with Gasteiger partial charge in [-0.1, -0.05) is 18.0 Å². The van der Waals surface area contributed by atoms with Crippen molar-refractivity contribution in [1.82, 2.24) is 10.6 Å². The molecule has 1 aliphatic heterocycles. The highest BCUT2D eigenvalue weighted by Crippen LogP contribution is 2.42. The van der Waals surface area contributed by atoms with Crippen LogP contribution in [0, 0.1) is 11.8 Å². The van der Waals surface area contributed by atoms with Gasteiger partial charge in [-0.25, -0.2) is 8.78 Å². The van der Waals surface area contributed by atoms with Gasteiger partial charge in [0.25, 0.3) is 18.2 Å². The third-order valence-electron chi connectivity index (χ3n) is 7.57. The van der Waals surface area contributed by atoms with Crippen LogP contribution in [0.1, 0.15) is 53.8 Å². The van der Waals surface area contributed by atoms with Gasteiger partial charge in [0.2, 0.25) is 5.91 Å². The Morgan fingerprint density at radius 2 is 1.90 bits per heavy atom. The van der Waals surface area contributed by atoms with E-state index < -0.39 is 24.3 Å². The first-order chi connectivity index (χ1) is 18.8. The second kappa shape index (κ2) is 12.3. The van der Waals surface area contributed by atoms with Crippen LogP contribution < -0.4 is 20.9 Å². The summed E-state index contributed by atoms with van der Waals surface area (Å²) in [4.78, 5) is 40.1. The van der Waals surface area contributed by atoms with Crippen LogP contribution in [-0.2, 0) is 14.3 Å². The number of anilines is 2. The summed E-state index contributed by atoms with van der Waals surface area (Å²) in [5, 5.41) is 9.06. The minimum absolute atomic E-state index is 0.0260. The number of carbonyl (C=O) groups is 3. The highest BCUT2D eigenvalue weighted by Gasteiger charge is 2.41. The summed E-state index contributed by atoms with van der Waals surface area (Å²) in [6, 6.07) is 6.78. The number of hydrogen-bond donors (Lipinski definition) is 3. The van der Waals surface area contributed by atoms with Gasteiger partial charge in [-0.3, -0.25) is 14.4 Å². The Morgan fingerprint density at radius 3 is 2.51 bits per heavy atom. The molecule has 0 bridgehead atoms. The topological polar surface area (TPSA) is 99.8 Å². The number of rotatable bonds is 11. The number of hydrogen-bond acceptors (Lipinski definition) is 6. The maximum absolute atomic E-state index is 14.0. The van der Waals surface area contributed by atoms with E-state index in [0.717, 1.165) is 43.4 Å². The van der Waals surface area contributed by atoms with Crippen LogP contribution in [0.15, 0.2) is 30.3 Å². The molecule has 2 heterocycles. The molecule has 3 amide bonds. The average molecular weight is 581 g/mol. The molecule has 1 aromatic heterocycles. The molecule has 1 unspecified atom stereocenters. The summed E-state index contributed by atoms with van der Waals surface area (Å²) < 4.78 is 33.6. The van der Waals surface area contributed by atoms with Crippen molar-refractivity contribution in [3.8, 4) is 0 Å². The molecule has 2 saturated carbocycles. The molecular weight excluding hydrogens is 550 g/mol. The molecule has 3 fully saturated rings. The van der Waals surface area contributed by atoms with E-state index in [-0.39, 0.29) is 55.2 Å². The summed E-state index contributed by atoms with van der Waals surface area (Å²) >= 11 is 7.11. The largest absolute Gasteiger partial charge is 0.370 e. The minimum atomic E-state index is -2.85. The van der Waals surface area contributed by atoms with Gasteiger partial charge >= 0.3 is 0 Å². The van der Waals surface area contributed by atoms with Crippen molar-refractivity contribution in [3.05, 3.63) is 45.1 Å². The lowest BCUT2D eigenvalue weighted by Crippen LogP contribution is -2.55. The number of nitrogens with one attached hydrogen (secondary N) is 3. The third kappa shape index (κ3) is 6.77. The van der Waals surface area contributed by atoms with E-state index in [2.05, 4.69) is 16.0 Å². The fourth-order valence-electron chi connectivity index (χ4n) is 5.14. The molecule has 3 N–H and O–H groups in total. The number of thiophene rings is 1. The van der Waals surface area contributed by atoms with Gasteiger partial charge in [0.15, 0.2) is 0 Å². The molecule has 3 aliphatic rings. The Kier molecular flexibility index (Phi) is 8.80. The Balaban J connectivity index is 1.32. The summed E-state index contributed by atoms with van der Waals surface area (Å²) in [6.07, 6.45) is 2.71. The zero-order chi connectivity index (χ0) is 27.5. The highest BCUT2D eigenvalue weighted by molar-refractivity contribution is 7.18. The van der Waals surface area contributed by atoms with E-state index in [4.69, 9.17) is 16.3 Å². The lowest BCUT2D eigenvalue weighted by molar-refractivity contribution is -0.125. The van der Waals surface area contributed by atoms with E-state index in [1.54, 1.807) is 12.1 Å². The SMILES string of the molecule is O=C(NC[C@H](NC(C1CCC1)C1CC1)C(=O)Nc1ccc(N2CCOCC2=O)c(C(F)F)c1)c1ccc(Cl)s1. The van der Waals surface area contributed by atoms with Crippen LogP contribution in [0.3, 0.4) is 0 Å². The van der Waals surface area contributed by atoms with E-state index in [0.29, 0.717) is 21.0 Å². The van der Waals surface area contributed by atoms with Crippen molar-refractivity contribution < 1.29 is 27.9 Å². The van der Waals surface area contributed by atoms with Gasteiger partial charge in [0, 0.05) is 30.4 Å². The van der Waals surface area contributed by atoms with Crippen molar-refractivity contribution in [2.75, 3.05) is 36.5 Å². The van der Waals surface area contributed by atoms with Gasteiger partial charge < -0.3 is 25.6 Å². The van der Waals surface area contributed by atoms with Crippen LogP contribution in [0.2, 0.25) is 4.34 Å². The van der Waals surface area contributed by atoms with Crippen molar-refractivity contribution in [2.24, 2.45) is 11.8 Å². The fourth-order valence-corrected chi connectivity index (χ4v) is 6.10. The first-order valence-corrected chi connectivity index (χ1v) is 14.4. The number of nitrogens with zero attached hydrogens (tertiary/aromatic N) is 1. The van der Waals surface area contributed by atoms with Crippen LogP contribution in [0.25, 0.3) is 0 Å². The summed E-state index contributed by atoms with van der Waals surface area (Å²) in [7, 11) is 0. The maximum atomic E-state index is 14.0. The zero-order valence-electron chi connectivity index (χ0n) is 21.3. The van der Waals surface area contributed by atoms with Crippen LogP contribution in [-0.4, -0.2) is 56.1 Å². The average Bonchev–Trinajstić information content (AvgIpc) is 3.64. The highest BCUT2D eigenvalue weighted by atomic mass is 35.5. The Bertz CT molecular complexity index is 1220. The molecule has 5 rings (SSSR count). The predicted octanol–water partition coefficient (Wildman–Crippen LogP) is 4.61. The first kappa shape index (κ1) is 27.9. The number of carbonyl (C=O) groups excluding carboxylic acids is 3. The van der Waals surface area contributed by atoms with Crippen LogP contribution in [0.5, 0.6) is 0 Å². The number of halogens is 3. The normalized spacial score (nSPS) is 19.5. The number of ether oxygens (including phenoxy) is 1. The van der Waals surface area contributed by atoms with Crippen molar-refractivity contribution in [1.29, 1.82) is 0 Å². The Labute approximate surface area is 234 Å².